The van der Waals surface area contributed by atoms with E-state index in [0.717, 1.165) is 0 Å². The molecule has 1 aromatic carbocycles. The van der Waals surface area contributed by atoms with Crippen molar-refractivity contribution in [3.05, 3.63) is 59.3 Å². The molecule has 1 unspecified atom stereocenters. The van der Waals surface area contributed by atoms with Crippen LogP contribution < -0.4 is 0 Å². The third-order valence-corrected chi connectivity index (χ3v) is 3.32. The fourth-order valence-corrected chi connectivity index (χ4v) is 2.40. The summed E-state index contributed by atoms with van der Waals surface area (Å²) in [5.41, 5.74) is 0.469. The predicted molar refractivity (Wildman–Crippen MR) is 68.9 cm³/mol. The largest absolute Gasteiger partial charge is 0.469 e. The van der Waals surface area contributed by atoms with Crippen molar-refractivity contribution < 1.29 is 18.7 Å². The average Bonchev–Trinajstić information content (AvgIpc) is 2.74. The molecule has 1 amide bonds. The first kappa shape index (κ1) is 12.6. The first-order valence-corrected chi connectivity index (χ1v) is 6.26. The third-order valence-electron chi connectivity index (χ3n) is 3.32. The van der Waals surface area contributed by atoms with Crippen LogP contribution in [0.15, 0.2) is 47.9 Å². The van der Waals surface area contributed by atoms with Gasteiger partial charge in [-0.05, 0) is 31.2 Å². The molecule has 0 radical (unpaired) electrons. The van der Waals surface area contributed by atoms with Crippen LogP contribution >= 0.6 is 0 Å². The summed E-state index contributed by atoms with van der Waals surface area (Å²) in [6.45, 7) is 1.69. The van der Waals surface area contributed by atoms with Crippen molar-refractivity contribution in [1.82, 2.24) is 4.90 Å². The summed E-state index contributed by atoms with van der Waals surface area (Å²) in [7, 11) is 0. The molecule has 102 valence electrons. The molecule has 0 bridgehead atoms. The van der Waals surface area contributed by atoms with Gasteiger partial charge in [0.25, 0.3) is 5.91 Å². The lowest BCUT2D eigenvalue weighted by Crippen LogP contribution is -2.35. The molecular weight excluding hydrogens is 261 g/mol. The minimum Gasteiger partial charge on any atom is -0.469 e. The van der Waals surface area contributed by atoms with Gasteiger partial charge in [-0.25, -0.2) is 4.39 Å². The van der Waals surface area contributed by atoms with Crippen molar-refractivity contribution >= 4 is 11.7 Å². The average molecular weight is 273 g/mol. The van der Waals surface area contributed by atoms with Gasteiger partial charge in [-0.15, -0.1) is 0 Å². The summed E-state index contributed by atoms with van der Waals surface area (Å²) < 4.78 is 19.3. The molecule has 1 aromatic rings. The zero-order chi connectivity index (χ0) is 14.3. The number of benzene rings is 1. The standard InChI is InChI=1S/C15H12FNO3/c1-9-17(13-8-10(18)6-7-14(13)20-9)15(19)11-4-2-3-5-12(11)16/h2-7,9H,8H2,1H3. The Morgan fingerprint density at radius 2 is 2.10 bits per heavy atom. The quantitative estimate of drug-likeness (QED) is 0.789. The van der Waals surface area contributed by atoms with E-state index in [1.807, 2.05) is 0 Å². The van der Waals surface area contributed by atoms with Crippen LogP contribution in [0, 0.1) is 5.82 Å². The van der Waals surface area contributed by atoms with Crippen molar-refractivity contribution in [3.8, 4) is 0 Å². The molecule has 4 nitrogen and oxygen atoms in total. The number of carbonyl (C=O) groups excluding carboxylic acids is 2. The number of ether oxygens (including phenoxy) is 1. The maximum Gasteiger partial charge on any atom is 0.264 e. The molecule has 0 spiro atoms. The van der Waals surface area contributed by atoms with Crippen LogP contribution in [0.5, 0.6) is 0 Å². The Morgan fingerprint density at radius 1 is 1.35 bits per heavy atom. The molecule has 0 saturated carbocycles. The van der Waals surface area contributed by atoms with E-state index in [-0.39, 0.29) is 17.8 Å². The van der Waals surface area contributed by atoms with Gasteiger partial charge in [0.15, 0.2) is 12.0 Å². The fourth-order valence-electron chi connectivity index (χ4n) is 2.40. The van der Waals surface area contributed by atoms with E-state index in [4.69, 9.17) is 4.74 Å². The number of nitrogens with zero attached hydrogens (tertiary/aromatic N) is 1. The molecular formula is C15H12FNO3. The first-order valence-electron chi connectivity index (χ1n) is 6.26. The minimum absolute atomic E-state index is 0.0290. The molecule has 3 rings (SSSR count). The lowest BCUT2D eigenvalue weighted by molar-refractivity contribution is -0.114. The van der Waals surface area contributed by atoms with Gasteiger partial charge in [-0.2, -0.15) is 0 Å². The molecule has 0 N–H and O–H groups in total. The summed E-state index contributed by atoms with van der Waals surface area (Å²) >= 11 is 0. The van der Waals surface area contributed by atoms with E-state index in [1.54, 1.807) is 19.1 Å². The Hall–Kier alpha value is -2.43. The van der Waals surface area contributed by atoms with Crippen molar-refractivity contribution in [2.45, 2.75) is 19.6 Å². The highest BCUT2D eigenvalue weighted by Gasteiger charge is 2.37. The van der Waals surface area contributed by atoms with Crippen LogP contribution in [0.1, 0.15) is 23.7 Å². The molecule has 0 fully saturated rings. The van der Waals surface area contributed by atoms with Gasteiger partial charge in [0.1, 0.15) is 11.6 Å². The molecule has 1 aliphatic carbocycles. The fraction of sp³-hybridized carbons (Fsp3) is 0.200. The lowest BCUT2D eigenvalue weighted by atomic mass is 10.1. The van der Waals surface area contributed by atoms with Gasteiger partial charge < -0.3 is 4.74 Å². The summed E-state index contributed by atoms with van der Waals surface area (Å²) in [5.74, 6) is -0.685. The van der Waals surface area contributed by atoms with E-state index in [1.165, 1.54) is 29.2 Å². The van der Waals surface area contributed by atoms with Gasteiger partial charge >= 0.3 is 0 Å². The normalized spacial score (nSPS) is 21.0. The van der Waals surface area contributed by atoms with Crippen molar-refractivity contribution in [3.63, 3.8) is 0 Å². The summed E-state index contributed by atoms with van der Waals surface area (Å²) in [4.78, 5) is 25.3. The Kier molecular flexibility index (Phi) is 2.89. The second-order valence-corrected chi connectivity index (χ2v) is 4.66. The highest BCUT2D eigenvalue weighted by molar-refractivity contribution is 5.99. The highest BCUT2D eigenvalue weighted by Crippen LogP contribution is 2.33. The molecule has 20 heavy (non-hydrogen) atoms. The van der Waals surface area contributed by atoms with Gasteiger partial charge in [0.05, 0.1) is 17.7 Å². The molecule has 1 atom stereocenters. The zero-order valence-corrected chi connectivity index (χ0v) is 10.8. The number of ketones is 1. The summed E-state index contributed by atoms with van der Waals surface area (Å²) in [6, 6.07) is 5.77. The van der Waals surface area contributed by atoms with Gasteiger partial charge in [-0.3, -0.25) is 14.5 Å². The summed E-state index contributed by atoms with van der Waals surface area (Å²) in [6.07, 6.45) is 2.51. The van der Waals surface area contributed by atoms with Gasteiger partial charge in [0.2, 0.25) is 0 Å². The Bertz CT molecular complexity index is 663. The van der Waals surface area contributed by atoms with Crippen molar-refractivity contribution in [2.24, 2.45) is 0 Å². The van der Waals surface area contributed by atoms with E-state index < -0.39 is 18.0 Å². The van der Waals surface area contributed by atoms with Crippen LogP contribution in [0.3, 0.4) is 0 Å². The minimum atomic E-state index is -0.587. The first-order chi connectivity index (χ1) is 9.58. The van der Waals surface area contributed by atoms with Crippen molar-refractivity contribution in [1.29, 1.82) is 0 Å². The van der Waals surface area contributed by atoms with Crippen molar-refractivity contribution in [2.75, 3.05) is 0 Å². The number of carbonyl (C=O) groups is 2. The van der Waals surface area contributed by atoms with E-state index in [0.29, 0.717) is 11.5 Å². The van der Waals surface area contributed by atoms with Gasteiger partial charge in [0, 0.05) is 0 Å². The number of hydrogen-bond donors (Lipinski definition) is 0. The Morgan fingerprint density at radius 3 is 2.85 bits per heavy atom. The molecule has 0 aromatic heterocycles. The smallest absolute Gasteiger partial charge is 0.264 e. The van der Waals surface area contributed by atoms with Crippen LogP contribution in [0.2, 0.25) is 0 Å². The zero-order valence-electron chi connectivity index (χ0n) is 10.8. The third kappa shape index (κ3) is 1.91. The van der Waals surface area contributed by atoms with E-state index in [2.05, 4.69) is 0 Å². The second-order valence-electron chi connectivity index (χ2n) is 4.66. The molecule has 1 heterocycles. The number of hydrogen-bond acceptors (Lipinski definition) is 3. The SMILES string of the molecule is CC1OC2=C(CC(=O)C=C2)N1C(=O)c1ccccc1F. The molecule has 5 heteroatoms. The number of allylic oxidation sites excluding steroid dienone is 3. The lowest BCUT2D eigenvalue weighted by Gasteiger charge is -2.23. The number of rotatable bonds is 1. The van der Waals surface area contributed by atoms with Crippen LogP contribution in [-0.2, 0) is 9.53 Å². The Labute approximate surface area is 115 Å². The monoisotopic (exact) mass is 273 g/mol. The van der Waals surface area contributed by atoms with E-state index >= 15 is 0 Å². The van der Waals surface area contributed by atoms with Crippen LogP contribution in [0.4, 0.5) is 4.39 Å². The topological polar surface area (TPSA) is 46.6 Å². The molecule has 1 aliphatic heterocycles. The molecule has 2 aliphatic rings. The Balaban J connectivity index is 1.99. The highest BCUT2D eigenvalue weighted by atomic mass is 19.1. The number of halogens is 1. The van der Waals surface area contributed by atoms with Gasteiger partial charge in [-0.1, -0.05) is 12.1 Å². The van der Waals surface area contributed by atoms with Crippen LogP contribution in [0.25, 0.3) is 0 Å². The van der Waals surface area contributed by atoms with E-state index in [9.17, 15) is 14.0 Å². The molecule has 0 saturated heterocycles. The second kappa shape index (κ2) is 4.59. The maximum absolute atomic E-state index is 13.7. The maximum atomic E-state index is 13.7. The summed E-state index contributed by atoms with van der Waals surface area (Å²) in [5, 5.41) is 0. The number of amides is 1. The predicted octanol–water partition coefficient (Wildman–Crippen LogP) is 2.38. The van der Waals surface area contributed by atoms with Crippen LogP contribution in [-0.4, -0.2) is 22.8 Å².